The minimum atomic E-state index is -1.02. The molecule has 0 spiro atoms. The summed E-state index contributed by atoms with van der Waals surface area (Å²) in [4.78, 5) is 27.9. The molecule has 2 aromatic rings. The van der Waals surface area contributed by atoms with E-state index in [4.69, 9.17) is 0 Å². The van der Waals surface area contributed by atoms with Gasteiger partial charge in [-0.05, 0) is 86.4 Å². The van der Waals surface area contributed by atoms with E-state index < -0.39 is 23.8 Å². The Morgan fingerprint density at radius 3 is 2.37 bits per heavy atom. The van der Waals surface area contributed by atoms with Gasteiger partial charge in [0, 0.05) is 43.6 Å². The van der Waals surface area contributed by atoms with E-state index >= 15 is 0 Å². The number of amides is 2. The van der Waals surface area contributed by atoms with Crippen molar-refractivity contribution in [3.8, 4) is 0 Å². The number of carbonyl (C=O) groups is 2. The molecular weight excluding hydrogens is 526 g/mol. The molecule has 7 nitrogen and oxygen atoms in total. The van der Waals surface area contributed by atoms with Crippen molar-refractivity contribution < 1.29 is 23.5 Å². The van der Waals surface area contributed by atoms with Crippen LogP contribution in [0.2, 0.25) is 0 Å². The van der Waals surface area contributed by atoms with Crippen LogP contribution in [0.25, 0.3) is 0 Å². The second-order valence-corrected chi connectivity index (χ2v) is 12.1. The van der Waals surface area contributed by atoms with Gasteiger partial charge in [0.05, 0.1) is 12.1 Å². The number of nitrogens with zero attached hydrogens (tertiary/aromatic N) is 1. The topological polar surface area (TPSA) is 93.7 Å². The standard InChI is InChI=1S/C32H42F2N4O3/c1-2-21-4-3-5-24(14-21)32(10-11-32)35-19-29(39)27(17-22-15-25(33)18-26(34)16-22)36-30(40)6-7-31(41)37-28-20-38-12-8-23(28)9-13-38/h3-5,14-16,18,23,27-29,35,39H,2,6-13,17,19-20H2,1H3,(H,36,40)(H,37,41)/t27-,28-,29+/m0/s1. The van der Waals surface area contributed by atoms with Gasteiger partial charge in [-0.15, -0.1) is 0 Å². The molecule has 3 atom stereocenters. The van der Waals surface area contributed by atoms with E-state index in [-0.39, 0.29) is 49.2 Å². The van der Waals surface area contributed by atoms with Crippen molar-refractivity contribution in [2.75, 3.05) is 26.2 Å². The molecule has 6 rings (SSSR count). The zero-order valence-electron chi connectivity index (χ0n) is 23.8. The highest BCUT2D eigenvalue weighted by molar-refractivity contribution is 5.84. The van der Waals surface area contributed by atoms with Gasteiger partial charge in [0.25, 0.3) is 0 Å². The number of carbonyl (C=O) groups excluding carboxylic acids is 2. The van der Waals surface area contributed by atoms with Gasteiger partial charge in [0.2, 0.25) is 11.8 Å². The van der Waals surface area contributed by atoms with Gasteiger partial charge in [0.15, 0.2) is 0 Å². The largest absolute Gasteiger partial charge is 0.390 e. The van der Waals surface area contributed by atoms with E-state index in [1.54, 1.807) is 0 Å². The maximum Gasteiger partial charge on any atom is 0.220 e. The van der Waals surface area contributed by atoms with Gasteiger partial charge in [0.1, 0.15) is 11.6 Å². The minimum Gasteiger partial charge on any atom is -0.390 e. The fraction of sp³-hybridized carbons (Fsp3) is 0.562. The Bertz CT molecular complexity index is 1210. The fourth-order valence-corrected chi connectivity index (χ4v) is 6.40. The van der Waals surface area contributed by atoms with Crippen molar-refractivity contribution in [2.24, 2.45) is 5.92 Å². The Morgan fingerprint density at radius 2 is 1.73 bits per heavy atom. The first-order valence-corrected chi connectivity index (χ1v) is 15.0. The van der Waals surface area contributed by atoms with Gasteiger partial charge >= 0.3 is 0 Å². The number of aliphatic hydroxyl groups excluding tert-OH is 1. The Kier molecular flexibility index (Phi) is 9.36. The Balaban J connectivity index is 1.18. The van der Waals surface area contributed by atoms with Crippen LogP contribution in [0.1, 0.15) is 62.1 Å². The first kappa shape index (κ1) is 29.6. The average molecular weight is 569 g/mol. The quantitative estimate of drug-likeness (QED) is 0.298. The van der Waals surface area contributed by atoms with Crippen molar-refractivity contribution in [3.05, 3.63) is 70.8 Å². The van der Waals surface area contributed by atoms with Crippen molar-refractivity contribution in [1.29, 1.82) is 0 Å². The molecule has 0 unspecified atom stereocenters. The summed E-state index contributed by atoms with van der Waals surface area (Å²) in [7, 11) is 0. The second-order valence-electron chi connectivity index (χ2n) is 12.1. The Hall–Kier alpha value is -2.88. The fourth-order valence-electron chi connectivity index (χ4n) is 6.40. The van der Waals surface area contributed by atoms with Gasteiger partial charge in [-0.2, -0.15) is 0 Å². The predicted molar refractivity (Wildman–Crippen MR) is 153 cm³/mol. The molecule has 1 aliphatic carbocycles. The van der Waals surface area contributed by atoms with E-state index in [0.29, 0.717) is 11.5 Å². The summed E-state index contributed by atoms with van der Waals surface area (Å²) in [6.07, 6.45) is 4.03. The molecule has 9 heteroatoms. The van der Waals surface area contributed by atoms with Crippen molar-refractivity contribution in [3.63, 3.8) is 0 Å². The SMILES string of the molecule is CCc1cccc(C2(NC[C@@H](O)[C@H](Cc3cc(F)cc(F)c3)NC(=O)CCC(=O)N[C@H]3CN4CCC3CC4)CC2)c1. The third-order valence-electron chi connectivity index (χ3n) is 9.06. The van der Waals surface area contributed by atoms with Crippen molar-refractivity contribution in [1.82, 2.24) is 20.9 Å². The Morgan fingerprint density at radius 1 is 1.02 bits per heavy atom. The lowest BCUT2D eigenvalue weighted by molar-refractivity contribution is -0.128. The average Bonchev–Trinajstić information content (AvgIpc) is 3.76. The number of benzene rings is 2. The molecular formula is C32H42F2N4O3. The molecule has 222 valence electrons. The first-order valence-electron chi connectivity index (χ1n) is 15.0. The number of nitrogens with one attached hydrogen (secondary N) is 3. The summed E-state index contributed by atoms with van der Waals surface area (Å²) in [6.45, 7) is 5.33. The van der Waals surface area contributed by atoms with Gasteiger partial charge in [-0.1, -0.05) is 31.2 Å². The van der Waals surface area contributed by atoms with E-state index in [2.05, 4.69) is 46.0 Å². The lowest BCUT2D eigenvalue weighted by Gasteiger charge is -2.44. The zero-order valence-corrected chi connectivity index (χ0v) is 23.8. The molecule has 41 heavy (non-hydrogen) atoms. The molecule has 2 amide bonds. The summed E-state index contributed by atoms with van der Waals surface area (Å²) < 4.78 is 27.8. The summed E-state index contributed by atoms with van der Waals surface area (Å²) in [5, 5.41) is 20.6. The summed E-state index contributed by atoms with van der Waals surface area (Å²) in [5.41, 5.74) is 2.53. The lowest BCUT2D eigenvalue weighted by atomic mass is 9.84. The van der Waals surface area contributed by atoms with Crippen LogP contribution in [0.4, 0.5) is 8.78 Å². The summed E-state index contributed by atoms with van der Waals surface area (Å²) in [5.74, 6) is -1.47. The molecule has 4 aliphatic rings. The third kappa shape index (κ3) is 7.70. The highest BCUT2D eigenvalue weighted by Gasteiger charge is 2.44. The van der Waals surface area contributed by atoms with E-state index in [0.717, 1.165) is 57.8 Å². The maximum absolute atomic E-state index is 13.9. The minimum absolute atomic E-state index is 0.0329. The number of aliphatic hydroxyl groups is 1. The van der Waals surface area contributed by atoms with Crippen molar-refractivity contribution in [2.45, 2.75) is 82.0 Å². The van der Waals surface area contributed by atoms with Crippen molar-refractivity contribution >= 4 is 11.8 Å². The number of rotatable bonds is 13. The van der Waals surface area contributed by atoms with Gasteiger partial charge in [-0.3, -0.25) is 9.59 Å². The predicted octanol–water partition coefficient (Wildman–Crippen LogP) is 3.18. The summed E-state index contributed by atoms with van der Waals surface area (Å²) in [6, 6.07) is 11.0. The summed E-state index contributed by atoms with van der Waals surface area (Å²) >= 11 is 0. The molecule has 4 fully saturated rings. The van der Waals surface area contributed by atoms with Crippen LogP contribution in [0.15, 0.2) is 42.5 Å². The molecule has 0 radical (unpaired) electrons. The second kappa shape index (κ2) is 13.0. The maximum atomic E-state index is 13.9. The van der Waals surface area contributed by atoms with Gasteiger partial charge < -0.3 is 26.0 Å². The number of piperidine rings is 3. The van der Waals surface area contributed by atoms with E-state index in [1.807, 2.05) is 6.07 Å². The normalized spacial score (nSPS) is 24.0. The number of aryl methyl sites for hydroxylation is 1. The monoisotopic (exact) mass is 568 g/mol. The molecule has 2 bridgehead atoms. The highest BCUT2D eigenvalue weighted by Crippen LogP contribution is 2.45. The Labute approximate surface area is 241 Å². The molecule has 4 N–H and O–H groups in total. The molecule has 0 aromatic heterocycles. The molecule has 1 saturated carbocycles. The van der Waals surface area contributed by atoms with E-state index in [9.17, 15) is 23.5 Å². The molecule has 3 heterocycles. The zero-order chi connectivity index (χ0) is 29.0. The first-order chi connectivity index (χ1) is 19.7. The molecule has 2 aromatic carbocycles. The van der Waals surface area contributed by atoms with Crippen LogP contribution in [-0.4, -0.2) is 66.2 Å². The number of hydrogen-bond acceptors (Lipinski definition) is 5. The number of halogens is 2. The molecule has 3 saturated heterocycles. The smallest absolute Gasteiger partial charge is 0.220 e. The number of hydrogen-bond donors (Lipinski definition) is 4. The van der Waals surface area contributed by atoms with Gasteiger partial charge in [-0.25, -0.2) is 8.78 Å². The van der Waals surface area contributed by atoms with Crippen LogP contribution < -0.4 is 16.0 Å². The van der Waals surface area contributed by atoms with Crippen LogP contribution in [-0.2, 0) is 28.0 Å². The molecule has 3 aliphatic heterocycles. The van der Waals surface area contributed by atoms with Crippen LogP contribution >= 0.6 is 0 Å². The van der Waals surface area contributed by atoms with Crippen LogP contribution in [0.3, 0.4) is 0 Å². The van der Waals surface area contributed by atoms with Crippen LogP contribution in [0, 0.1) is 17.6 Å². The number of fused-ring (bicyclic) bond motifs is 3. The van der Waals surface area contributed by atoms with Crippen LogP contribution in [0.5, 0.6) is 0 Å². The highest BCUT2D eigenvalue weighted by atomic mass is 19.1. The third-order valence-corrected chi connectivity index (χ3v) is 9.06. The van der Waals surface area contributed by atoms with E-state index in [1.165, 1.54) is 23.3 Å². The lowest BCUT2D eigenvalue weighted by Crippen LogP contribution is -2.57.